The van der Waals surface area contributed by atoms with E-state index >= 15 is 0 Å². The van der Waals surface area contributed by atoms with Crippen molar-refractivity contribution in [3.63, 3.8) is 0 Å². The average molecular weight is 525 g/mol. The van der Waals surface area contributed by atoms with Crippen molar-refractivity contribution in [3.8, 4) is 0 Å². The Morgan fingerprint density at radius 2 is 1.95 bits per heavy atom. The fourth-order valence-corrected chi connectivity index (χ4v) is 6.35. The molecule has 8 nitrogen and oxygen atoms in total. The Morgan fingerprint density at radius 1 is 1.19 bits per heavy atom. The normalized spacial score (nSPS) is 18.7. The highest BCUT2D eigenvalue weighted by Crippen LogP contribution is 2.35. The Morgan fingerprint density at radius 3 is 2.65 bits per heavy atom. The maximum Gasteiger partial charge on any atom is 0.251 e. The van der Waals surface area contributed by atoms with Crippen LogP contribution in [0.25, 0.3) is 10.9 Å². The number of aromatic nitrogens is 1. The predicted molar refractivity (Wildman–Crippen MR) is 147 cm³/mol. The van der Waals surface area contributed by atoms with E-state index in [1.54, 1.807) is 13.1 Å². The smallest absolute Gasteiger partial charge is 0.251 e. The molecule has 2 aliphatic rings. The van der Waals surface area contributed by atoms with Crippen molar-refractivity contribution >= 4 is 32.5 Å². The number of benzene rings is 2. The molecule has 0 bridgehead atoms. The highest BCUT2D eigenvalue weighted by Gasteiger charge is 2.29. The number of carbonyl (C=O) groups excluding carboxylic acids is 1. The number of aryl methyl sites for hydroxylation is 2. The molecular weight excluding hydrogens is 488 g/mol. The van der Waals surface area contributed by atoms with Gasteiger partial charge in [-0.1, -0.05) is 37.3 Å². The van der Waals surface area contributed by atoms with Gasteiger partial charge in [0.1, 0.15) is 0 Å². The van der Waals surface area contributed by atoms with Crippen molar-refractivity contribution in [2.75, 3.05) is 23.7 Å². The van der Waals surface area contributed by atoms with Crippen LogP contribution in [0, 0.1) is 0 Å². The molecule has 2 heterocycles. The fraction of sp³-hybridized carbons (Fsp3) is 0.464. The summed E-state index contributed by atoms with van der Waals surface area (Å²) in [4.78, 5) is 13.6. The van der Waals surface area contributed by atoms with Crippen molar-refractivity contribution in [3.05, 3.63) is 65.4 Å². The highest BCUT2D eigenvalue weighted by atomic mass is 32.2. The van der Waals surface area contributed by atoms with Gasteiger partial charge in [-0.2, -0.15) is 0 Å². The molecule has 1 amide bonds. The number of nitrogens with zero attached hydrogens (tertiary/aromatic N) is 2. The second-order valence-corrected chi connectivity index (χ2v) is 12.4. The molecular formula is C28H36N4O4S. The number of hydrogen-bond acceptors (Lipinski definition) is 5. The SMILES string of the molecule is CCc1cn2c3c(cc(C(=O)N[C@@H](Cc4ccccc4)[C@H](O)CNC4CC4)cc13)N(C)S(=O)(=O)CCC2. The van der Waals surface area contributed by atoms with Gasteiger partial charge >= 0.3 is 0 Å². The zero-order valence-corrected chi connectivity index (χ0v) is 22.3. The first kappa shape index (κ1) is 25.8. The minimum Gasteiger partial charge on any atom is -0.390 e. The van der Waals surface area contributed by atoms with Gasteiger partial charge < -0.3 is 20.3 Å². The molecule has 198 valence electrons. The molecule has 1 aromatic heterocycles. The lowest BCUT2D eigenvalue weighted by Crippen LogP contribution is -2.49. The average Bonchev–Trinajstić information content (AvgIpc) is 3.66. The third-order valence-electron chi connectivity index (χ3n) is 7.51. The van der Waals surface area contributed by atoms with E-state index in [9.17, 15) is 18.3 Å². The first-order valence-electron chi connectivity index (χ1n) is 13.2. The molecule has 0 saturated heterocycles. The van der Waals surface area contributed by atoms with Crippen LogP contribution in [-0.2, 0) is 29.4 Å². The number of hydrogen-bond donors (Lipinski definition) is 3. The summed E-state index contributed by atoms with van der Waals surface area (Å²) in [6, 6.07) is 13.3. The molecule has 37 heavy (non-hydrogen) atoms. The van der Waals surface area contributed by atoms with E-state index in [0.29, 0.717) is 43.2 Å². The van der Waals surface area contributed by atoms with Crippen molar-refractivity contribution in [2.24, 2.45) is 0 Å². The van der Waals surface area contributed by atoms with E-state index in [0.717, 1.165) is 41.3 Å². The third kappa shape index (κ3) is 5.54. The van der Waals surface area contributed by atoms with Crippen LogP contribution >= 0.6 is 0 Å². The molecule has 1 aliphatic heterocycles. The van der Waals surface area contributed by atoms with Gasteiger partial charge in [-0.3, -0.25) is 9.10 Å². The second kappa shape index (κ2) is 10.5. The lowest BCUT2D eigenvalue weighted by molar-refractivity contribution is 0.0830. The minimum absolute atomic E-state index is 0.0554. The Kier molecular flexibility index (Phi) is 7.29. The zero-order valence-electron chi connectivity index (χ0n) is 21.5. The highest BCUT2D eigenvalue weighted by molar-refractivity contribution is 7.92. The van der Waals surface area contributed by atoms with Crippen LogP contribution in [0.4, 0.5) is 5.69 Å². The van der Waals surface area contributed by atoms with Gasteiger partial charge in [0.05, 0.1) is 29.1 Å². The summed E-state index contributed by atoms with van der Waals surface area (Å²) in [5.74, 6) is -0.271. The van der Waals surface area contributed by atoms with Gasteiger partial charge in [0.2, 0.25) is 10.0 Å². The molecule has 0 unspecified atom stereocenters. The number of aliphatic hydroxyl groups is 1. The number of amides is 1. The Balaban J connectivity index is 1.49. The van der Waals surface area contributed by atoms with Crippen molar-refractivity contribution in [1.82, 2.24) is 15.2 Å². The van der Waals surface area contributed by atoms with Crippen LogP contribution in [-0.4, -0.2) is 61.5 Å². The minimum atomic E-state index is -3.50. The van der Waals surface area contributed by atoms with Crippen LogP contribution in [0.1, 0.15) is 47.7 Å². The molecule has 9 heteroatoms. The van der Waals surface area contributed by atoms with E-state index in [2.05, 4.69) is 28.3 Å². The van der Waals surface area contributed by atoms with Crippen LogP contribution in [0.5, 0.6) is 0 Å². The van der Waals surface area contributed by atoms with Crippen LogP contribution in [0.2, 0.25) is 0 Å². The van der Waals surface area contributed by atoms with Crippen molar-refractivity contribution in [2.45, 2.75) is 63.8 Å². The quantitative estimate of drug-likeness (QED) is 0.399. The summed E-state index contributed by atoms with van der Waals surface area (Å²) in [6.07, 6.45) is 5.32. The van der Waals surface area contributed by atoms with E-state index in [-0.39, 0.29) is 11.7 Å². The lowest BCUT2D eigenvalue weighted by Gasteiger charge is -2.26. The van der Waals surface area contributed by atoms with Crippen LogP contribution in [0.15, 0.2) is 48.7 Å². The predicted octanol–water partition coefficient (Wildman–Crippen LogP) is 2.83. The van der Waals surface area contributed by atoms with E-state index in [4.69, 9.17) is 0 Å². The maximum absolute atomic E-state index is 13.6. The van der Waals surface area contributed by atoms with E-state index in [1.165, 1.54) is 4.31 Å². The van der Waals surface area contributed by atoms with Gasteiger partial charge in [-0.15, -0.1) is 0 Å². The van der Waals surface area contributed by atoms with Gasteiger partial charge in [0.15, 0.2) is 0 Å². The molecule has 1 saturated carbocycles. The lowest BCUT2D eigenvalue weighted by atomic mass is 10.00. The number of aliphatic hydroxyl groups excluding tert-OH is 1. The number of carbonyl (C=O) groups is 1. The summed E-state index contributed by atoms with van der Waals surface area (Å²) in [7, 11) is -1.94. The molecule has 3 aromatic rings. The van der Waals surface area contributed by atoms with Gasteiger partial charge in [0, 0.05) is 43.3 Å². The first-order chi connectivity index (χ1) is 17.8. The van der Waals surface area contributed by atoms with Crippen molar-refractivity contribution in [1.29, 1.82) is 0 Å². The molecule has 0 spiro atoms. The van der Waals surface area contributed by atoms with Crippen LogP contribution in [0.3, 0.4) is 0 Å². The number of sulfonamides is 1. The fourth-order valence-electron chi connectivity index (χ4n) is 5.14. The molecule has 2 atom stereocenters. The molecule has 0 radical (unpaired) electrons. The second-order valence-electron chi connectivity index (χ2n) is 10.2. The number of nitrogens with one attached hydrogen (secondary N) is 2. The Hall–Kier alpha value is -2.88. The molecule has 2 aromatic carbocycles. The Labute approximate surface area is 218 Å². The monoisotopic (exact) mass is 524 g/mol. The molecule has 5 rings (SSSR count). The molecule has 3 N–H and O–H groups in total. The van der Waals surface area contributed by atoms with Gasteiger partial charge in [0.25, 0.3) is 5.91 Å². The standard InChI is InChI=1S/C28H36N4O4S/c1-3-20-18-32-12-7-13-37(35,36)31(2)25-16-21(15-23(20)27(25)32)28(34)30-24(14-19-8-5-4-6-9-19)26(33)17-29-22-10-11-22/h4-6,8-9,15-16,18,22,24,26,29,33H,3,7,10-14,17H2,1-2H3,(H,30,34)/t24-,26+/m0/s1. The van der Waals surface area contributed by atoms with Gasteiger partial charge in [-0.25, -0.2) is 8.42 Å². The largest absolute Gasteiger partial charge is 0.390 e. The van der Waals surface area contributed by atoms with Crippen molar-refractivity contribution < 1.29 is 18.3 Å². The number of rotatable bonds is 9. The summed E-state index contributed by atoms with van der Waals surface area (Å²) in [5.41, 5.74) is 3.84. The zero-order chi connectivity index (χ0) is 26.2. The summed E-state index contributed by atoms with van der Waals surface area (Å²) in [6.45, 7) is 3.07. The van der Waals surface area contributed by atoms with Gasteiger partial charge in [-0.05, 0) is 55.4 Å². The summed E-state index contributed by atoms with van der Waals surface area (Å²) in [5, 5.41) is 18.3. The molecule has 1 aliphatic carbocycles. The topological polar surface area (TPSA) is 104 Å². The number of anilines is 1. The maximum atomic E-state index is 13.6. The first-order valence-corrected chi connectivity index (χ1v) is 14.8. The summed E-state index contributed by atoms with van der Waals surface area (Å²) < 4.78 is 29.3. The Bertz CT molecular complexity index is 1380. The van der Waals surface area contributed by atoms with E-state index < -0.39 is 22.2 Å². The van der Waals surface area contributed by atoms with Crippen LogP contribution < -0.4 is 14.9 Å². The third-order valence-corrected chi connectivity index (χ3v) is 9.34. The summed E-state index contributed by atoms with van der Waals surface area (Å²) >= 11 is 0. The van der Waals surface area contributed by atoms with E-state index in [1.807, 2.05) is 36.4 Å². The molecule has 1 fully saturated rings.